The molecule has 1 N–H and O–H groups in total. The maximum absolute atomic E-state index is 12.0. The van der Waals surface area contributed by atoms with Gasteiger partial charge in [0.1, 0.15) is 11.9 Å². The van der Waals surface area contributed by atoms with Crippen molar-refractivity contribution in [3.63, 3.8) is 0 Å². The SMILES string of the molecule is CC(C)S(=O)(=O)N[C@H]1CCC[C@H]1Oc1ccc(Br)cc1. The van der Waals surface area contributed by atoms with Crippen LogP contribution in [0.15, 0.2) is 28.7 Å². The van der Waals surface area contributed by atoms with Crippen LogP contribution in [0.4, 0.5) is 0 Å². The van der Waals surface area contributed by atoms with Crippen LogP contribution in [-0.2, 0) is 10.0 Å². The topological polar surface area (TPSA) is 55.4 Å². The first-order valence-electron chi connectivity index (χ1n) is 6.82. The predicted molar refractivity (Wildman–Crippen MR) is 83.4 cm³/mol. The maximum Gasteiger partial charge on any atom is 0.214 e. The van der Waals surface area contributed by atoms with Crippen LogP contribution in [0, 0.1) is 0 Å². The van der Waals surface area contributed by atoms with E-state index in [0.717, 1.165) is 29.5 Å². The highest BCUT2D eigenvalue weighted by Crippen LogP contribution is 2.26. The number of nitrogens with one attached hydrogen (secondary N) is 1. The summed E-state index contributed by atoms with van der Waals surface area (Å²) in [6, 6.07) is 7.47. The molecule has 0 saturated heterocycles. The van der Waals surface area contributed by atoms with Gasteiger partial charge in [0.2, 0.25) is 10.0 Å². The molecule has 2 rings (SSSR count). The Labute approximate surface area is 129 Å². The van der Waals surface area contributed by atoms with Crippen molar-refractivity contribution in [3.05, 3.63) is 28.7 Å². The molecule has 1 aliphatic carbocycles. The van der Waals surface area contributed by atoms with Crippen LogP contribution in [0.1, 0.15) is 33.1 Å². The number of sulfonamides is 1. The molecular weight excluding hydrogens is 342 g/mol. The van der Waals surface area contributed by atoms with Crippen molar-refractivity contribution < 1.29 is 13.2 Å². The number of benzene rings is 1. The van der Waals surface area contributed by atoms with Gasteiger partial charge in [-0.1, -0.05) is 15.9 Å². The number of halogens is 1. The minimum Gasteiger partial charge on any atom is -0.489 e. The Kier molecular flexibility index (Phi) is 5.09. The third-order valence-corrected chi connectivity index (χ3v) is 5.89. The van der Waals surface area contributed by atoms with Gasteiger partial charge >= 0.3 is 0 Å². The lowest BCUT2D eigenvalue weighted by Crippen LogP contribution is -2.44. The molecule has 20 heavy (non-hydrogen) atoms. The zero-order valence-electron chi connectivity index (χ0n) is 11.7. The Balaban J connectivity index is 2.02. The van der Waals surface area contributed by atoms with E-state index in [2.05, 4.69) is 20.7 Å². The van der Waals surface area contributed by atoms with E-state index < -0.39 is 15.3 Å². The average Bonchev–Trinajstić information content (AvgIpc) is 2.79. The lowest BCUT2D eigenvalue weighted by atomic mass is 10.2. The summed E-state index contributed by atoms with van der Waals surface area (Å²) in [4.78, 5) is 0. The van der Waals surface area contributed by atoms with E-state index >= 15 is 0 Å². The fourth-order valence-electron chi connectivity index (χ4n) is 2.24. The van der Waals surface area contributed by atoms with Gasteiger partial charge in [-0.15, -0.1) is 0 Å². The Morgan fingerprint density at radius 3 is 2.50 bits per heavy atom. The first-order chi connectivity index (χ1) is 9.38. The first-order valence-corrected chi connectivity index (χ1v) is 9.16. The Morgan fingerprint density at radius 2 is 1.90 bits per heavy atom. The van der Waals surface area contributed by atoms with Crippen molar-refractivity contribution in [2.45, 2.75) is 50.5 Å². The first kappa shape index (κ1) is 15.8. The molecule has 0 bridgehead atoms. The van der Waals surface area contributed by atoms with E-state index in [1.165, 1.54) is 0 Å². The molecule has 0 heterocycles. The van der Waals surface area contributed by atoms with Gasteiger partial charge in [-0.2, -0.15) is 0 Å². The van der Waals surface area contributed by atoms with Gasteiger partial charge in [0.25, 0.3) is 0 Å². The molecule has 4 nitrogen and oxygen atoms in total. The van der Waals surface area contributed by atoms with Gasteiger partial charge < -0.3 is 4.74 Å². The smallest absolute Gasteiger partial charge is 0.214 e. The number of hydrogen-bond acceptors (Lipinski definition) is 3. The molecule has 1 aliphatic rings. The third kappa shape index (κ3) is 3.96. The fourth-order valence-corrected chi connectivity index (χ4v) is 3.47. The van der Waals surface area contributed by atoms with Crippen LogP contribution in [0.5, 0.6) is 5.75 Å². The summed E-state index contributed by atoms with van der Waals surface area (Å²) in [6.45, 7) is 3.36. The molecular formula is C14H20BrNO3S. The predicted octanol–water partition coefficient (Wildman–Crippen LogP) is 3.08. The van der Waals surface area contributed by atoms with Crippen LogP contribution < -0.4 is 9.46 Å². The third-order valence-electron chi connectivity index (χ3n) is 3.49. The highest BCUT2D eigenvalue weighted by molar-refractivity contribution is 9.10. The van der Waals surface area contributed by atoms with E-state index in [0.29, 0.717) is 0 Å². The molecule has 0 spiro atoms. The van der Waals surface area contributed by atoms with E-state index in [1.807, 2.05) is 24.3 Å². The molecule has 1 saturated carbocycles. The van der Waals surface area contributed by atoms with Crippen molar-refractivity contribution in [1.82, 2.24) is 4.72 Å². The lowest BCUT2D eigenvalue weighted by Gasteiger charge is -2.23. The molecule has 0 aromatic heterocycles. The van der Waals surface area contributed by atoms with E-state index in [-0.39, 0.29) is 12.1 Å². The van der Waals surface area contributed by atoms with Gasteiger partial charge in [0.15, 0.2) is 0 Å². The minimum atomic E-state index is -3.25. The number of ether oxygens (including phenoxy) is 1. The fraction of sp³-hybridized carbons (Fsp3) is 0.571. The second-order valence-corrected chi connectivity index (χ2v) is 8.54. The normalized spacial score (nSPS) is 23.2. The summed E-state index contributed by atoms with van der Waals surface area (Å²) < 4.78 is 33.6. The van der Waals surface area contributed by atoms with Gasteiger partial charge in [-0.25, -0.2) is 13.1 Å². The lowest BCUT2D eigenvalue weighted by molar-refractivity contribution is 0.185. The molecule has 0 radical (unpaired) electrons. The van der Waals surface area contributed by atoms with Crippen molar-refractivity contribution in [1.29, 1.82) is 0 Å². The minimum absolute atomic E-state index is 0.0929. The summed E-state index contributed by atoms with van der Waals surface area (Å²) in [5.74, 6) is 0.772. The zero-order valence-corrected chi connectivity index (χ0v) is 14.1. The van der Waals surface area contributed by atoms with Crippen LogP contribution in [0.3, 0.4) is 0 Å². The van der Waals surface area contributed by atoms with Crippen LogP contribution >= 0.6 is 15.9 Å². The van der Waals surface area contributed by atoms with Gasteiger partial charge in [-0.05, 0) is 57.4 Å². The Bertz CT molecular complexity index is 542. The molecule has 1 fully saturated rings. The molecule has 2 atom stereocenters. The standard InChI is InChI=1S/C14H20BrNO3S/c1-10(2)20(17,18)16-13-4-3-5-14(13)19-12-8-6-11(15)7-9-12/h6-10,13-14,16H,3-5H2,1-2H3/t13-,14+/m0/s1. The number of rotatable bonds is 5. The highest BCUT2D eigenvalue weighted by atomic mass is 79.9. The van der Waals surface area contributed by atoms with Crippen LogP contribution in [-0.4, -0.2) is 25.8 Å². The summed E-state index contributed by atoms with van der Waals surface area (Å²) in [5, 5.41) is -0.420. The summed E-state index contributed by atoms with van der Waals surface area (Å²) in [6.07, 6.45) is 2.59. The molecule has 1 aromatic rings. The molecule has 0 unspecified atom stereocenters. The van der Waals surface area contributed by atoms with E-state index in [9.17, 15) is 8.42 Å². The van der Waals surface area contributed by atoms with Crippen LogP contribution in [0.2, 0.25) is 0 Å². The monoisotopic (exact) mass is 361 g/mol. The van der Waals surface area contributed by atoms with E-state index in [4.69, 9.17) is 4.74 Å². The maximum atomic E-state index is 12.0. The van der Waals surface area contributed by atoms with Gasteiger partial charge in [0, 0.05) is 4.47 Å². The van der Waals surface area contributed by atoms with E-state index in [1.54, 1.807) is 13.8 Å². The second kappa shape index (κ2) is 6.45. The Hall–Kier alpha value is -0.590. The molecule has 1 aromatic carbocycles. The zero-order chi connectivity index (χ0) is 14.8. The molecule has 0 amide bonds. The van der Waals surface area contributed by atoms with Crippen molar-refractivity contribution in [2.24, 2.45) is 0 Å². The van der Waals surface area contributed by atoms with Gasteiger partial charge in [-0.3, -0.25) is 0 Å². The quantitative estimate of drug-likeness (QED) is 0.876. The molecule has 0 aliphatic heterocycles. The van der Waals surface area contributed by atoms with Crippen molar-refractivity contribution >= 4 is 26.0 Å². The Morgan fingerprint density at radius 1 is 1.25 bits per heavy atom. The molecule has 6 heteroatoms. The number of hydrogen-bond donors (Lipinski definition) is 1. The largest absolute Gasteiger partial charge is 0.489 e. The average molecular weight is 362 g/mol. The summed E-state index contributed by atoms with van der Waals surface area (Å²) in [7, 11) is -3.25. The molecule has 112 valence electrons. The summed E-state index contributed by atoms with van der Waals surface area (Å²) >= 11 is 3.38. The van der Waals surface area contributed by atoms with Crippen LogP contribution in [0.25, 0.3) is 0 Å². The van der Waals surface area contributed by atoms with Crippen molar-refractivity contribution in [2.75, 3.05) is 0 Å². The summed E-state index contributed by atoms with van der Waals surface area (Å²) in [5.41, 5.74) is 0. The van der Waals surface area contributed by atoms with Gasteiger partial charge in [0.05, 0.1) is 11.3 Å². The highest BCUT2D eigenvalue weighted by Gasteiger charge is 2.33. The van der Waals surface area contributed by atoms with Crippen molar-refractivity contribution in [3.8, 4) is 5.75 Å². The second-order valence-electron chi connectivity index (χ2n) is 5.36.